The van der Waals surface area contributed by atoms with Gasteiger partial charge in [-0.15, -0.1) is 0 Å². The molecular weight excluding hydrogens is 258 g/mol. The first kappa shape index (κ1) is 14.2. The summed E-state index contributed by atoms with van der Waals surface area (Å²) in [6.45, 7) is 2.01. The summed E-state index contributed by atoms with van der Waals surface area (Å²) in [4.78, 5) is 14.1. The number of nitrogens with zero attached hydrogens (tertiary/aromatic N) is 2. The zero-order valence-electron chi connectivity index (χ0n) is 11.0. The van der Waals surface area contributed by atoms with E-state index in [-0.39, 0.29) is 23.4 Å². The number of phenolic OH excluding ortho intramolecular Hbond substituents is 2. The molecule has 0 spiro atoms. The SMILES string of the molecule is N#CCN1CCC(NC(=O)c2ccc(O)c(O)c2)CC1. The summed E-state index contributed by atoms with van der Waals surface area (Å²) in [7, 11) is 0. The highest BCUT2D eigenvalue weighted by atomic mass is 16.3. The summed E-state index contributed by atoms with van der Waals surface area (Å²) in [6.07, 6.45) is 1.61. The molecule has 0 unspecified atom stereocenters. The lowest BCUT2D eigenvalue weighted by molar-refractivity contribution is 0.0914. The van der Waals surface area contributed by atoms with Crippen LogP contribution in [-0.4, -0.2) is 46.7 Å². The Labute approximate surface area is 117 Å². The van der Waals surface area contributed by atoms with Gasteiger partial charge in [0.15, 0.2) is 11.5 Å². The molecule has 1 heterocycles. The van der Waals surface area contributed by atoms with Crippen molar-refractivity contribution in [3.05, 3.63) is 23.8 Å². The van der Waals surface area contributed by atoms with E-state index in [2.05, 4.69) is 16.3 Å². The molecule has 1 amide bonds. The lowest BCUT2D eigenvalue weighted by Gasteiger charge is -2.30. The first-order valence-corrected chi connectivity index (χ1v) is 6.52. The average Bonchev–Trinajstić information content (AvgIpc) is 2.44. The first-order chi connectivity index (χ1) is 9.60. The molecule has 0 bridgehead atoms. The van der Waals surface area contributed by atoms with E-state index in [1.807, 2.05) is 0 Å². The minimum absolute atomic E-state index is 0.0772. The fraction of sp³-hybridized carbons (Fsp3) is 0.429. The Morgan fingerprint density at radius 3 is 2.65 bits per heavy atom. The van der Waals surface area contributed by atoms with Crippen molar-refractivity contribution in [3.63, 3.8) is 0 Å². The van der Waals surface area contributed by atoms with Crippen LogP contribution in [0.4, 0.5) is 0 Å². The minimum atomic E-state index is -0.304. The Bertz CT molecular complexity index is 531. The number of aromatic hydroxyl groups is 2. The van der Waals surface area contributed by atoms with Gasteiger partial charge in [0, 0.05) is 24.7 Å². The highest BCUT2D eigenvalue weighted by molar-refractivity contribution is 5.95. The van der Waals surface area contributed by atoms with Crippen molar-refractivity contribution in [1.82, 2.24) is 10.2 Å². The summed E-state index contributed by atoms with van der Waals surface area (Å²) < 4.78 is 0. The molecule has 3 N–H and O–H groups in total. The molecule has 106 valence electrons. The number of nitriles is 1. The van der Waals surface area contributed by atoms with Crippen molar-refractivity contribution in [2.24, 2.45) is 0 Å². The second-order valence-electron chi connectivity index (χ2n) is 4.89. The summed E-state index contributed by atoms with van der Waals surface area (Å²) in [5.41, 5.74) is 0.319. The monoisotopic (exact) mass is 275 g/mol. The second kappa shape index (κ2) is 6.26. The number of benzene rings is 1. The van der Waals surface area contributed by atoms with Crippen LogP contribution in [0.2, 0.25) is 0 Å². The third kappa shape index (κ3) is 3.39. The third-order valence-electron chi connectivity index (χ3n) is 3.45. The van der Waals surface area contributed by atoms with Crippen molar-refractivity contribution in [3.8, 4) is 17.6 Å². The molecule has 0 saturated carbocycles. The van der Waals surface area contributed by atoms with Gasteiger partial charge in [-0.3, -0.25) is 9.69 Å². The Kier molecular flexibility index (Phi) is 4.43. The van der Waals surface area contributed by atoms with Crippen LogP contribution < -0.4 is 5.32 Å². The summed E-state index contributed by atoms with van der Waals surface area (Å²) in [6, 6.07) is 6.20. The number of amides is 1. The van der Waals surface area contributed by atoms with E-state index < -0.39 is 0 Å². The normalized spacial score (nSPS) is 16.6. The standard InChI is InChI=1S/C14H17N3O3/c15-5-8-17-6-3-11(4-7-17)16-14(20)10-1-2-12(18)13(19)9-10/h1-2,9,11,18-19H,3-4,6-8H2,(H,16,20). The lowest BCUT2D eigenvalue weighted by Crippen LogP contribution is -2.44. The molecule has 20 heavy (non-hydrogen) atoms. The maximum absolute atomic E-state index is 12.0. The molecule has 0 radical (unpaired) electrons. The lowest BCUT2D eigenvalue weighted by atomic mass is 10.0. The van der Waals surface area contributed by atoms with Gasteiger partial charge in [-0.1, -0.05) is 0 Å². The average molecular weight is 275 g/mol. The van der Waals surface area contributed by atoms with E-state index in [9.17, 15) is 15.0 Å². The van der Waals surface area contributed by atoms with Crippen molar-refractivity contribution in [2.45, 2.75) is 18.9 Å². The molecule has 0 aliphatic carbocycles. The van der Waals surface area contributed by atoms with Crippen LogP contribution >= 0.6 is 0 Å². The quantitative estimate of drug-likeness (QED) is 0.560. The summed E-state index contributed by atoms with van der Waals surface area (Å²) in [5, 5.41) is 30.1. The number of carbonyl (C=O) groups is 1. The Balaban J connectivity index is 1.89. The number of rotatable bonds is 3. The molecule has 1 aliphatic heterocycles. The number of piperidine rings is 1. The van der Waals surface area contributed by atoms with Crippen LogP contribution in [0.25, 0.3) is 0 Å². The van der Waals surface area contributed by atoms with Gasteiger partial charge < -0.3 is 15.5 Å². The zero-order valence-corrected chi connectivity index (χ0v) is 11.0. The molecule has 2 rings (SSSR count). The van der Waals surface area contributed by atoms with E-state index in [4.69, 9.17) is 5.26 Å². The van der Waals surface area contributed by atoms with Crippen LogP contribution in [0.3, 0.4) is 0 Å². The first-order valence-electron chi connectivity index (χ1n) is 6.52. The maximum atomic E-state index is 12.0. The predicted molar refractivity (Wildman–Crippen MR) is 72.3 cm³/mol. The van der Waals surface area contributed by atoms with Gasteiger partial charge >= 0.3 is 0 Å². The smallest absolute Gasteiger partial charge is 0.251 e. The van der Waals surface area contributed by atoms with Crippen LogP contribution in [0.5, 0.6) is 11.5 Å². The van der Waals surface area contributed by atoms with Gasteiger partial charge in [0.2, 0.25) is 0 Å². The number of nitrogens with one attached hydrogen (secondary N) is 1. The fourth-order valence-corrected chi connectivity index (χ4v) is 2.27. The van der Waals surface area contributed by atoms with E-state index in [0.29, 0.717) is 12.1 Å². The topological polar surface area (TPSA) is 96.6 Å². The van der Waals surface area contributed by atoms with Crippen molar-refractivity contribution >= 4 is 5.91 Å². The summed E-state index contributed by atoms with van der Waals surface area (Å²) >= 11 is 0. The van der Waals surface area contributed by atoms with E-state index in [1.165, 1.54) is 18.2 Å². The molecule has 6 heteroatoms. The third-order valence-corrected chi connectivity index (χ3v) is 3.45. The molecule has 1 aliphatic rings. The molecule has 0 atom stereocenters. The Morgan fingerprint density at radius 1 is 1.35 bits per heavy atom. The van der Waals surface area contributed by atoms with Gasteiger partial charge in [0.1, 0.15) is 0 Å². The van der Waals surface area contributed by atoms with Gasteiger partial charge in [-0.2, -0.15) is 5.26 Å². The number of hydrogen-bond acceptors (Lipinski definition) is 5. The van der Waals surface area contributed by atoms with Crippen LogP contribution in [0, 0.1) is 11.3 Å². The van der Waals surface area contributed by atoms with Gasteiger partial charge in [0.05, 0.1) is 12.6 Å². The number of hydrogen-bond donors (Lipinski definition) is 3. The fourth-order valence-electron chi connectivity index (χ4n) is 2.27. The Hall–Kier alpha value is -2.26. The predicted octanol–water partition coefficient (Wildman–Crippen LogP) is 0.816. The van der Waals surface area contributed by atoms with Crippen LogP contribution in [-0.2, 0) is 0 Å². The molecule has 6 nitrogen and oxygen atoms in total. The summed E-state index contributed by atoms with van der Waals surface area (Å²) in [5.74, 6) is -0.813. The maximum Gasteiger partial charge on any atom is 0.251 e. The second-order valence-corrected chi connectivity index (χ2v) is 4.89. The van der Waals surface area contributed by atoms with E-state index >= 15 is 0 Å². The molecule has 1 aromatic carbocycles. The van der Waals surface area contributed by atoms with Crippen molar-refractivity contribution in [2.75, 3.05) is 19.6 Å². The number of carbonyl (C=O) groups excluding carboxylic acids is 1. The number of phenols is 2. The molecular formula is C14H17N3O3. The van der Waals surface area contributed by atoms with Crippen molar-refractivity contribution < 1.29 is 15.0 Å². The van der Waals surface area contributed by atoms with Gasteiger partial charge in [-0.25, -0.2) is 0 Å². The van der Waals surface area contributed by atoms with E-state index in [0.717, 1.165) is 25.9 Å². The van der Waals surface area contributed by atoms with Crippen molar-refractivity contribution in [1.29, 1.82) is 5.26 Å². The minimum Gasteiger partial charge on any atom is -0.504 e. The molecule has 0 aromatic heterocycles. The highest BCUT2D eigenvalue weighted by Gasteiger charge is 2.21. The van der Waals surface area contributed by atoms with Crippen LogP contribution in [0.1, 0.15) is 23.2 Å². The molecule has 1 saturated heterocycles. The highest BCUT2D eigenvalue weighted by Crippen LogP contribution is 2.25. The van der Waals surface area contributed by atoms with Gasteiger partial charge in [-0.05, 0) is 31.0 Å². The largest absolute Gasteiger partial charge is 0.504 e. The molecule has 1 aromatic rings. The number of likely N-dealkylation sites (tertiary alicyclic amines) is 1. The van der Waals surface area contributed by atoms with Crippen LogP contribution in [0.15, 0.2) is 18.2 Å². The van der Waals surface area contributed by atoms with Gasteiger partial charge in [0.25, 0.3) is 5.91 Å². The van der Waals surface area contributed by atoms with E-state index in [1.54, 1.807) is 0 Å². The Morgan fingerprint density at radius 2 is 2.05 bits per heavy atom. The zero-order chi connectivity index (χ0) is 14.5. The molecule has 1 fully saturated rings.